The molecule has 15 heavy (non-hydrogen) atoms. The number of nitrogen functional groups attached to an aromatic ring is 1. The fourth-order valence-electron chi connectivity index (χ4n) is 0.998. The molecule has 0 bridgehead atoms. The SMILES string of the molecule is Nc1snnc1COc1ccc(I)cc1. The van der Waals surface area contributed by atoms with Crippen LogP contribution >= 0.6 is 34.1 Å². The normalized spacial score (nSPS) is 10.2. The van der Waals surface area contributed by atoms with Crippen LogP contribution in [0.5, 0.6) is 5.75 Å². The van der Waals surface area contributed by atoms with Crippen molar-refractivity contribution in [3.05, 3.63) is 33.5 Å². The van der Waals surface area contributed by atoms with Gasteiger partial charge < -0.3 is 10.5 Å². The highest BCUT2D eigenvalue weighted by molar-refractivity contribution is 14.1. The van der Waals surface area contributed by atoms with Gasteiger partial charge in [0.25, 0.3) is 0 Å². The van der Waals surface area contributed by atoms with Crippen LogP contribution < -0.4 is 10.5 Å². The fraction of sp³-hybridized carbons (Fsp3) is 0.111. The molecule has 0 aliphatic heterocycles. The molecule has 0 fully saturated rings. The van der Waals surface area contributed by atoms with Gasteiger partial charge in [0.05, 0.1) is 0 Å². The standard InChI is InChI=1S/C9H8IN3OS/c10-6-1-3-7(4-2-6)14-5-8-9(11)15-13-12-8/h1-4H,5,11H2. The summed E-state index contributed by atoms with van der Waals surface area (Å²) >= 11 is 3.42. The van der Waals surface area contributed by atoms with E-state index in [-0.39, 0.29) is 0 Å². The molecular formula is C9H8IN3OS. The lowest BCUT2D eigenvalue weighted by atomic mass is 10.3. The van der Waals surface area contributed by atoms with Crippen LogP contribution in [0.25, 0.3) is 0 Å². The molecule has 0 aliphatic rings. The van der Waals surface area contributed by atoms with Crippen molar-refractivity contribution in [2.24, 2.45) is 0 Å². The number of hydrogen-bond donors (Lipinski definition) is 1. The third-order valence-electron chi connectivity index (χ3n) is 1.77. The van der Waals surface area contributed by atoms with Gasteiger partial charge in [-0.2, -0.15) is 0 Å². The molecular weight excluding hydrogens is 325 g/mol. The van der Waals surface area contributed by atoms with E-state index in [0.29, 0.717) is 17.3 Å². The Morgan fingerprint density at radius 1 is 1.33 bits per heavy atom. The van der Waals surface area contributed by atoms with Crippen LogP contribution in [0.15, 0.2) is 24.3 Å². The van der Waals surface area contributed by atoms with Crippen molar-refractivity contribution in [3.8, 4) is 5.75 Å². The molecule has 1 heterocycles. The fourth-order valence-corrected chi connectivity index (χ4v) is 1.79. The predicted octanol–water partition coefficient (Wildman–Crippen LogP) is 2.30. The molecule has 0 spiro atoms. The van der Waals surface area contributed by atoms with Crippen molar-refractivity contribution >= 4 is 39.1 Å². The molecule has 2 rings (SSSR count). The number of aromatic nitrogens is 2. The van der Waals surface area contributed by atoms with E-state index in [1.807, 2.05) is 24.3 Å². The second-order valence-corrected chi connectivity index (χ2v) is 4.86. The maximum Gasteiger partial charge on any atom is 0.136 e. The van der Waals surface area contributed by atoms with E-state index in [9.17, 15) is 0 Å². The minimum Gasteiger partial charge on any atom is -0.487 e. The summed E-state index contributed by atoms with van der Waals surface area (Å²) in [5.74, 6) is 0.808. The summed E-state index contributed by atoms with van der Waals surface area (Å²) < 4.78 is 10.4. The van der Waals surface area contributed by atoms with Gasteiger partial charge >= 0.3 is 0 Å². The first-order valence-electron chi connectivity index (χ1n) is 4.21. The van der Waals surface area contributed by atoms with Crippen LogP contribution in [0, 0.1) is 3.57 Å². The molecule has 0 unspecified atom stereocenters. The van der Waals surface area contributed by atoms with Crippen LogP contribution in [-0.4, -0.2) is 9.59 Å². The van der Waals surface area contributed by atoms with Gasteiger partial charge in [-0.3, -0.25) is 0 Å². The largest absolute Gasteiger partial charge is 0.487 e. The van der Waals surface area contributed by atoms with Gasteiger partial charge in [0.15, 0.2) is 0 Å². The molecule has 0 saturated carbocycles. The van der Waals surface area contributed by atoms with Crippen LogP contribution in [0.3, 0.4) is 0 Å². The van der Waals surface area contributed by atoms with Gasteiger partial charge in [0, 0.05) is 15.1 Å². The summed E-state index contributed by atoms with van der Waals surface area (Å²) in [5, 5.41) is 4.48. The van der Waals surface area contributed by atoms with E-state index in [1.165, 1.54) is 15.1 Å². The monoisotopic (exact) mass is 333 g/mol. The number of nitrogens with zero attached hydrogens (tertiary/aromatic N) is 2. The summed E-state index contributed by atoms with van der Waals surface area (Å²) in [6.07, 6.45) is 0. The third-order valence-corrected chi connectivity index (χ3v) is 3.09. The molecule has 0 radical (unpaired) electrons. The molecule has 1 aromatic carbocycles. The smallest absolute Gasteiger partial charge is 0.136 e. The average Bonchev–Trinajstić information content (AvgIpc) is 2.63. The maximum atomic E-state index is 5.64. The Kier molecular flexibility index (Phi) is 3.37. The topological polar surface area (TPSA) is 61.0 Å². The van der Waals surface area contributed by atoms with Crippen molar-refractivity contribution in [2.75, 3.05) is 5.73 Å². The summed E-state index contributed by atoms with van der Waals surface area (Å²) in [7, 11) is 0. The number of rotatable bonds is 3. The van der Waals surface area contributed by atoms with Crippen molar-refractivity contribution in [1.82, 2.24) is 9.59 Å². The molecule has 0 amide bonds. The number of ether oxygens (including phenoxy) is 1. The molecule has 4 nitrogen and oxygen atoms in total. The van der Waals surface area contributed by atoms with Gasteiger partial charge in [-0.05, 0) is 46.9 Å². The van der Waals surface area contributed by atoms with E-state index in [4.69, 9.17) is 10.5 Å². The summed E-state index contributed by atoms with van der Waals surface area (Å²) in [6.45, 7) is 0.364. The Morgan fingerprint density at radius 2 is 2.07 bits per heavy atom. The van der Waals surface area contributed by atoms with E-state index in [2.05, 4.69) is 32.2 Å². The first-order valence-corrected chi connectivity index (χ1v) is 6.06. The van der Waals surface area contributed by atoms with Crippen molar-refractivity contribution in [3.63, 3.8) is 0 Å². The molecule has 2 N–H and O–H groups in total. The minimum absolute atomic E-state index is 0.364. The van der Waals surface area contributed by atoms with Crippen LogP contribution in [0.1, 0.15) is 5.69 Å². The Labute approximate surface area is 105 Å². The first-order chi connectivity index (χ1) is 7.25. The molecule has 2 aromatic rings. The van der Waals surface area contributed by atoms with Gasteiger partial charge in [-0.1, -0.05) is 4.49 Å². The van der Waals surface area contributed by atoms with Crippen molar-refractivity contribution in [2.45, 2.75) is 6.61 Å². The molecule has 6 heteroatoms. The van der Waals surface area contributed by atoms with Crippen LogP contribution in [-0.2, 0) is 6.61 Å². The van der Waals surface area contributed by atoms with E-state index in [1.54, 1.807) is 0 Å². The summed E-state index contributed by atoms with van der Waals surface area (Å²) in [4.78, 5) is 0. The van der Waals surface area contributed by atoms with E-state index in [0.717, 1.165) is 5.75 Å². The van der Waals surface area contributed by atoms with Gasteiger partial charge in [-0.25, -0.2) is 0 Å². The van der Waals surface area contributed by atoms with Crippen LogP contribution in [0.4, 0.5) is 5.00 Å². The minimum atomic E-state index is 0.364. The predicted molar refractivity (Wildman–Crippen MR) is 67.8 cm³/mol. The van der Waals surface area contributed by atoms with Crippen LogP contribution in [0.2, 0.25) is 0 Å². The summed E-state index contributed by atoms with van der Waals surface area (Å²) in [5.41, 5.74) is 6.33. The molecule has 78 valence electrons. The zero-order chi connectivity index (χ0) is 10.7. The Balaban J connectivity index is 1.99. The maximum absolute atomic E-state index is 5.64. The first kappa shape index (κ1) is 10.6. The molecule has 0 aliphatic carbocycles. The van der Waals surface area contributed by atoms with Crippen molar-refractivity contribution in [1.29, 1.82) is 0 Å². The van der Waals surface area contributed by atoms with E-state index < -0.39 is 0 Å². The van der Waals surface area contributed by atoms with Gasteiger partial charge in [-0.15, -0.1) is 5.10 Å². The molecule has 0 saturated heterocycles. The number of halogens is 1. The van der Waals surface area contributed by atoms with Gasteiger partial charge in [0.2, 0.25) is 0 Å². The number of nitrogens with two attached hydrogens (primary N) is 1. The zero-order valence-corrected chi connectivity index (χ0v) is 10.7. The molecule has 0 atom stereocenters. The highest BCUT2D eigenvalue weighted by Gasteiger charge is 2.04. The Bertz CT molecular complexity index is 443. The second-order valence-electron chi connectivity index (χ2n) is 2.83. The Hall–Kier alpha value is -0.890. The van der Waals surface area contributed by atoms with Crippen molar-refractivity contribution < 1.29 is 4.74 Å². The Morgan fingerprint density at radius 3 is 2.67 bits per heavy atom. The zero-order valence-electron chi connectivity index (χ0n) is 7.68. The highest BCUT2D eigenvalue weighted by atomic mass is 127. The number of anilines is 1. The second kappa shape index (κ2) is 4.75. The third kappa shape index (κ3) is 2.78. The number of hydrogen-bond acceptors (Lipinski definition) is 5. The lowest BCUT2D eigenvalue weighted by molar-refractivity contribution is 0.302. The van der Waals surface area contributed by atoms with E-state index >= 15 is 0 Å². The number of benzene rings is 1. The average molecular weight is 333 g/mol. The quantitative estimate of drug-likeness (QED) is 0.876. The highest BCUT2D eigenvalue weighted by Crippen LogP contribution is 2.17. The summed E-state index contributed by atoms with van der Waals surface area (Å²) in [6, 6.07) is 7.80. The lowest BCUT2D eigenvalue weighted by Gasteiger charge is -2.03. The molecule has 1 aromatic heterocycles. The van der Waals surface area contributed by atoms with Gasteiger partial charge in [0.1, 0.15) is 23.1 Å². The lowest BCUT2D eigenvalue weighted by Crippen LogP contribution is -1.98.